The number of nitrogens with one attached hydrogen (secondary N) is 1. The van der Waals surface area contributed by atoms with Crippen LogP contribution in [0.1, 0.15) is 24.3 Å². The first-order valence-corrected chi connectivity index (χ1v) is 7.95. The first kappa shape index (κ1) is 15.4. The van der Waals surface area contributed by atoms with Gasteiger partial charge >= 0.3 is 0 Å². The lowest BCUT2D eigenvalue weighted by Crippen LogP contribution is -2.34. The molecular weight excluding hydrogens is 323 g/mol. The van der Waals surface area contributed by atoms with Crippen LogP contribution in [0.4, 0.5) is 4.39 Å². The Bertz CT molecular complexity index is 889. The maximum atomic E-state index is 13.1. The molecule has 2 aromatic heterocycles. The molecule has 3 aromatic rings. The topological polar surface area (TPSA) is 80.9 Å². The molecule has 0 unspecified atom stereocenters. The molecule has 1 N–H and O–H groups in total. The van der Waals surface area contributed by atoms with Crippen LogP contribution >= 0.6 is 0 Å². The van der Waals surface area contributed by atoms with Crippen molar-refractivity contribution < 1.29 is 13.7 Å². The van der Waals surface area contributed by atoms with Crippen LogP contribution in [0.25, 0.3) is 11.4 Å². The Balaban J connectivity index is 1.43. The van der Waals surface area contributed by atoms with Gasteiger partial charge in [0, 0.05) is 18.0 Å². The molecule has 1 aromatic carbocycles. The highest BCUT2D eigenvalue weighted by Gasteiger charge is 2.51. The summed E-state index contributed by atoms with van der Waals surface area (Å²) in [6, 6.07) is 9.64. The van der Waals surface area contributed by atoms with Gasteiger partial charge in [0.15, 0.2) is 0 Å². The van der Waals surface area contributed by atoms with Gasteiger partial charge in [-0.2, -0.15) is 4.98 Å². The highest BCUT2D eigenvalue weighted by Crippen LogP contribution is 2.48. The fourth-order valence-corrected chi connectivity index (χ4v) is 2.81. The lowest BCUT2D eigenvalue weighted by molar-refractivity contribution is -0.123. The second kappa shape index (κ2) is 6.08. The van der Waals surface area contributed by atoms with Crippen molar-refractivity contribution in [2.45, 2.75) is 24.8 Å². The van der Waals surface area contributed by atoms with E-state index in [2.05, 4.69) is 20.4 Å². The van der Waals surface area contributed by atoms with Crippen LogP contribution in [0.2, 0.25) is 0 Å². The number of hydrogen-bond donors (Lipinski definition) is 1. The summed E-state index contributed by atoms with van der Waals surface area (Å²) in [5.41, 5.74) is 1.05. The molecule has 1 saturated carbocycles. The number of carbonyl (C=O) groups is 1. The number of pyridine rings is 1. The van der Waals surface area contributed by atoms with Crippen molar-refractivity contribution in [3.63, 3.8) is 0 Å². The maximum Gasteiger partial charge on any atom is 0.246 e. The van der Waals surface area contributed by atoms with Crippen LogP contribution in [0, 0.1) is 5.82 Å². The average molecular weight is 338 g/mol. The molecular formula is C18H15FN4O2. The Morgan fingerprint density at radius 3 is 2.56 bits per heavy atom. The van der Waals surface area contributed by atoms with E-state index in [9.17, 15) is 9.18 Å². The van der Waals surface area contributed by atoms with Gasteiger partial charge in [0.05, 0.1) is 12.0 Å². The van der Waals surface area contributed by atoms with Crippen LogP contribution in [-0.2, 0) is 16.8 Å². The lowest BCUT2D eigenvalue weighted by Gasteiger charge is -2.14. The van der Waals surface area contributed by atoms with Gasteiger partial charge in [-0.15, -0.1) is 0 Å². The standard InChI is InChI=1S/C18H15FN4O2/c19-14-3-1-13(2-4-14)18(7-8-18)17(24)21-11-15-22-16(23-25-15)12-5-9-20-10-6-12/h1-6,9-10H,7-8,11H2,(H,21,24). The van der Waals surface area contributed by atoms with Gasteiger partial charge in [0.25, 0.3) is 0 Å². The van der Waals surface area contributed by atoms with Crippen molar-refractivity contribution in [1.29, 1.82) is 0 Å². The summed E-state index contributed by atoms with van der Waals surface area (Å²) in [7, 11) is 0. The molecule has 25 heavy (non-hydrogen) atoms. The second-order valence-electron chi connectivity index (χ2n) is 6.02. The SMILES string of the molecule is O=C(NCc1nc(-c2ccncc2)no1)C1(c2ccc(F)cc2)CC1. The molecule has 0 atom stereocenters. The minimum atomic E-state index is -0.568. The maximum absolute atomic E-state index is 13.1. The Labute approximate surface area is 143 Å². The van der Waals surface area contributed by atoms with E-state index in [1.165, 1.54) is 12.1 Å². The third-order valence-electron chi connectivity index (χ3n) is 4.39. The van der Waals surface area contributed by atoms with Crippen LogP contribution in [0.15, 0.2) is 53.3 Å². The third-order valence-corrected chi connectivity index (χ3v) is 4.39. The van der Waals surface area contributed by atoms with Crippen molar-refractivity contribution in [3.8, 4) is 11.4 Å². The van der Waals surface area contributed by atoms with Crippen LogP contribution in [-0.4, -0.2) is 21.0 Å². The monoisotopic (exact) mass is 338 g/mol. The van der Waals surface area contributed by atoms with Crippen molar-refractivity contribution >= 4 is 5.91 Å². The molecule has 0 saturated heterocycles. The Morgan fingerprint density at radius 2 is 1.88 bits per heavy atom. The molecule has 1 amide bonds. The number of hydrogen-bond acceptors (Lipinski definition) is 5. The largest absolute Gasteiger partial charge is 0.346 e. The third kappa shape index (κ3) is 3.00. The number of nitrogens with zero attached hydrogens (tertiary/aromatic N) is 3. The van der Waals surface area contributed by atoms with Gasteiger partial charge < -0.3 is 9.84 Å². The zero-order chi connectivity index (χ0) is 17.3. The number of aromatic nitrogens is 3. The minimum absolute atomic E-state index is 0.109. The van der Waals surface area contributed by atoms with Gasteiger partial charge in [-0.25, -0.2) is 4.39 Å². The molecule has 6 nitrogen and oxygen atoms in total. The van der Waals surface area contributed by atoms with E-state index in [0.29, 0.717) is 11.7 Å². The smallest absolute Gasteiger partial charge is 0.246 e. The summed E-state index contributed by atoms with van der Waals surface area (Å²) < 4.78 is 18.3. The van der Waals surface area contributed by atoms with E-state index in [4.69, 9.17) is 4.52 Å². The minimum Gasteiger partial charge on any atom is -0.346 e. The van der Waals surface area contributed by atoms with E-state index in [0.717, 1.165) is 24.0 Å². The van der Waals surface area contributed by atoms with Gasteiger partial charge in [-0.05, 0) is 42.7 Å². The second-order valence-corrected chi connectivity index (χ2v) is 6.02. The molecule has 0 bridgehead atoms. The summed E-state index contributed by atoms with van der Waals surface area (Å²) in [4.78, 5) is 20.8. The van der Waals surface area contributed by atoms with Crippen LogP contribution in [0.3, 0.4) is 0 Å². The highest BCUT2D eigenvalue weighted by molar-refractivity contribution is 5.91. The number of halogens is 1. The molecule has 1 aliphatic carbocycles. The molecule has 2 heterocycles. The van der Waals surface area contributed by atoms with Crippen molar-refractivity contribution in [1.82, 2.24) is 20.4 Å². The van der Waals surface area contributed by atoms with Gasteiger partial charge in [0.1, 0.15) is 5.82 Å². The molecule has 0 aliphatic heterocycles. The molecule has 126 valence electrons. The number of carbonyl (C=O) groups excluding carboxylic acids is 1. The summed E-state index contributed by atoms with van der Waals surface area (Å²) in [5, 5.41) is 6.74. The van der Waals surface area contributed by atoms with Gasteiger partial charge in [-0.3, -0.25) is 9.78 Å². The van der Waals surface area contributed by atoms with Crippen LogP contribution < -0.4 is 5.32 Å². The predicted molar refractivity (Wildman–Crippen MR) is 86.7 cm³/mol. The van der Waals surface area contributed by atoms with Gasteiger partial charge in [0.2, 0.25) is 17.6 Å². The first-order valence-electron chi connectivity index (χ1n) is 7.95. The molecule has 1 aliphatic rings. The Hall–Kier alpha value is -3.09. The summed E-state index contributed by atoms with van der Waals surface area (Å²) in [6.07, 6.45) is 4.78. The normalized spacial score (nSPS) is 14.9. The first-order chi connectivity index (χ1) is 12.2. The van der Waals surface area contributed by atoms with E-state index in [1.54, 1.807) is 36.7 Å². The molecule has 1 fully saturated rings. The zero-order valence-electron chi connectivity index (χ0n) is 13.3. The Kier molecular flexibility index (Phi) is 3.76. The van der Waals surface area contributed by atoms with Crippen molar-refractivity contribution in [2.24, 2.45) is 0 Å². The van der Waals surface area contributed by atoms with Crippen LogP contribution in [0.5, 0.6) is 0 Å². The number of rotatable bonds is 5. The zero-order valence-corrected chi connectivity index (χ0v) is 13.3. The fourth-order valence-electron chi connectivity index (χ4n) is 2.81. The molecule has 7 heteroatoms. The number of amides is 1. The highest BCUT2D eigenvalue weighted by atomic mass is 19.1. The summed E-state index contributed by atoms with van der Waals surface area (Å²) in [6.45, 7) is 0.153. The van der Waals surface area contributed by atoms with Gasteiger partial charge in [-0.1, -0.05) is 17.3 Å². The summed E-state index contributed by atoms with van der Waals surface area (Å²) >= 11 is 0. The quantitative estimate of drug-likeness (QED) is 0.773. The fraction of sp³-hybridized carbons (Fsp3) is 0.222. The lowest BCUT2D eigenvalue weighted by atomic mass is 9.95. The van der Waals surface area contributed by atoms with E-state index < -0.39 is 5.41 Å². The predicted octanol–water partition coefficient (Wildman–Crippen LogP) is 2.62. The molecule has 0 radical (unpaired) electrons. The Morgan fingerprint density at radius 1 is 1.16 bits per heavy atom. The molecule has 0 spiro atoms. The number of benzene rings is 1. The van der Waals surface area contributed by atoms with Crippen molar-refractivity contribution in [3.05, 3.63) is 66.1 Å². The van der Waals surface area contributed by atoms with E-state index in [-0.39, 0.29) is 18.3 Å². The van der Waals surface area contributed by atoms with Crippen molar-refractivity contribution in [2.75, 3.05) is 0 Å². The van der Waals surface area contributed by atoms with E-state index >= 15 is 0 Å². The molecule has 4 rings (SSSR count). The van der Waals surface area contributed by atoms with E-state index in [1.807, 2.05) is 0 Å². The average Bonchev–Trinajstić information content (AvgIpc) is 3.32. The summed E-state index contributed by atoms with van der Waals surface area (Å²) in [5.74, 6) is 0.360.